The van der Waals surface area contributed by atoms with Crippen molar-refractivity contribution in [2.45, 2.75) is 6.54 Å². The molecule has 0 saturated carbocycles. The van der Waals surface area contributed by atoms with E-state index in [1.54, 1.807) is 7.11 Å². The second-order valence-corrected chi connectivity index (χ2v) is 5.77. The zero-order valence-corrected chi connectivity index (χ0v) is 12.0. The van der Waals surface area contributed by atoms with Crippen molar-refractivity contribution in [1.29, 1.82) is 0 Å². The number of methoxy groups -OCH3 is 1. The van der Waals surface area contributed by atoms with Crippen molar-refractivity contribution in [3.05, 3.63) is 33.7 Å². The van der Waals surface area contributed by atoms with Crippen molar-refractivity contribution in [3.63, 3.8) is 0 Å². The van der Waals surface area contributed by atoms with E-state index in [2.05, 4.69) is 31.0 Å². The first kappa shape index (κ1) is 12.3. The van der Waals surface area contributed by atoms with Crippen molar-refractivity contribution in [1.82, 2.24) is 10.2 Å². The Labute approximate surface area is 112 Å². The van der Waals surface area contributed by atoms with Crippen LogP contribution in [-0.4, -0.2) is 24.4 Å². The van der Waals surface area contributed by atoms with Crippen LogP contribution in [0.4, 0.5) is 5.13 Å². The van der Waals surface area contributed by atoms with Crippen LogP contribution in [0, 0.1) is 0 Å². The van der Waals surface area contributed by atoms with Crippen LogP contribution in [0.15, 0.2) is 28.2 Å². The van der Waals surface area contributed by atoms with Gasteiger partial charge in [0, 0.05) is 13.6 Å². The summed E-state index contributed by atoms with van der Waals surface area (Å²) in [5, 5.41) is 8.89. The van der Waals surface area contributed by atoms with E-state index in [-0.39, 0.29) is 0 Å². The minimum Gasteiger partial charge on any atom is -0.497 e. The molecule has 4 nitrogen and oxygen atoms in total. The van der Waals surface area contributed by atoms with Gasteiger partial charge in [-0.15, -0.1) is 10.2 Å². The molecule has 0 spiro atoms. The molecule has 6 heteroatoms. The third-order valence-electron chi connectivity index (χ3n) is 2.30. The summed E-state index contributed by atoms with van der Waals surface area (Å²) >= 11 is 4.82. The number of halogens is 1. The molecule has 0 saturated heterocycles. The zero-order chi connectivity index (χ0) is 12.3. The van der Waals surface area contributed by atoms with Crippen molar-refractivity contribution >= 4 is 32.4 Å². The van der Waals surface area contributed by atoms with Crippen LogP contribution in [-0.2, 0) is 6.54 Å². The first-order valence-electron chi connectivity index (χ1n) is 5.02. The third-order valence-corrected chi connectivity index (χ3v) is 3.77. The van der Waals surface area contributed by atoms with Gasteiger partial charge < -0.3 is 9.64 Å². The Kier molecular flexibility index (Phi) is 3.96. The van der Waals surface area contributed by atoms with Gasteiger partial charge in [0.25, 0.3) is 0 Å². The molecule has 0 N–H and O–H groups in total. The van der Waals surface area contributed by atoms with Gasteiger partial charge in [0.15, 0.2) is 3.92 Å². The van der Waals surface area contributed by atoms with Gasteiger partial charge in [0.1, 0.15) is 5.75 Å². The molecule has 0 unspecified atom stereocenters. The van der Waals surface area contributed by atoms with Crippen molar-refractivity contribution < 1.29 is 4.74 Å². The number of anilines is 1. The molecule has 1 aromatic carbocycles. The summed E-state index contributed by atoms with van der Waals surface area (Å²) in [5.74, 6) is 0.870. The van der Waals surface area contributed by atoms with Crippen molar-refractivity contribution in [2.75, 3.05) is 19.1 Å². The Morgan fingerprint density at radius 1 is 1.29 bits per heavy atom. The monoisotopic (exact) mass is 313 g/mol. The quantitative estimate of drug-likeness (QED) is 0.870. The molecule has 17 heavy (non-hydrogen) atoms. The lowest BCUT2D eigenvalue weighted by molar-refractivity contribution is 0.414. The maximum Gasteiger partial charge on any atom is 0.209 e. The fourth-order valence-electron chi connectivity index (χ4n) is 1.42. The molecule has 0 bridgehead atoms. The summed E-state index contributed by atoms with van der Waals surface area (Å²) in [7, 11) is 3.66. The molecule has 0 aliphatic rings. The molecule has 1 heterocycles. The van der Waals surface area contributed by atoms with Crippen LogP contribution in [0.5, 0.6) is 5.75 Å². The van der Waals surface area contributed by atoms with E-state index in [9.17, 15) is 0 Å². The highest BCUT2D eigenvalue weighted by molar-refractivity contribution is 9.11. The molecule has 0 fully saturated rings. The Morgan fingerprint density at radius 3 is 2.53 bits per heavy atom. The smallest absolute Gasteiger partial charge is 0.209 e. The molecule has 2 rings (SSSR count). The number of hydrogen-bond acceptors (Lipinski definition) is 5. The van der Waals surface area contributed by atoms with E-state index in [1.807, 2.05) is 31.3 Å². The highest BCUT2D eigenvalue weighted by Crippen LogP contribution is 2.24. The summed E-state index contributed by atoms with van der Waals surface area (Å²) in [6, 6.07) is 8.01. The highest BCUT2D eigenvalue weighted by atomic mass is 79.9. The van der Waals surface area contributed by atoms with Gasteiger partial charge >= 0.3 is 0 Å². The number of benzene rings is 1. The maximum absolute atomic E-state index is 5.12. The van der Waals surface area contributed by atoms with E-state index < -0.39 is 0 Å². The molecule has 1 aromatic heterocycles. The standard InChI is InChI=1S/C11H12BrN3OS/c1-15(11-14-13-10(12)17-11)7-8-3-5-9(16-2)6-4-8/h3-6H,7H2,1-2H3. The number of nitrogens with zero attached hydrogens (tertiary/aromatic N) is 3. The van der Waals surface area contributed by atoms with Gasteiger partial charge in [-0.05, 0) is 33.6 Å². The van der Waals surface area contributed by atoms with Crippen LogP contribution in [0.2, 0.25) is 0 Å². The van der Waals surface area contributed by atoms with Gasteiger partial charge in [-0.3, -0.25) is 0 Å². The third kappa shape index (κ3) is 3.17. The largest absolute Gasteiger partial charge is 0.497 e. The number of ether oxygens (including phenoxy) is 1. The average Bonchev–Trinajstić information content (AvgIpc) is 2.77. The molecule has 0 radical (unpaired) electrons. The van der Waals surface area contributed by atoms with Crippen molar-refractivity contribution in [3.8, 4) is 5.75 Å². The first-order valence-corrected chi connectivity index (χ1v) is 6.63. The summed E-state index contributed by atoms with van der Waals surface area (Å²) < 4.78 is 5.92. The highest BCUT2D eigenvalue weighted by Gasteiger charge is 2.07. The summed E-state index contributed by atoms with van der Waals surface area (Å²) in [6.07, 6.45) is 0. The lowest BCUT2D eigenvalue weighted by atomic mass is 10.2. The second kappa shape index (κ2) is 5.46. The number of aromatic nitrogens is 2. The van der Waals surface area contributed by atoms with Crippen molar-refractivity contribution in [2.24, 2.45) is 0 Å². The van der Waals surface area contributed by atoms with E-state index in [4.69, 9.17) is 4.74 Å². The second-order valence-electron chi connectivity index (χ2n) is 3.54. The molecule has 0 aliphatic heterocycles. The Balaban J connectivity index is 2.04. The molecule has 0 amide bonds. The summed E-state index contributed by atoms with van der Waals surface area (Å²) in [5.41, 5.74) is 1.21. The Hall–Kier alpha value is -1.14. The fraction of sp³-hybridized carbons (Fsp3) is 0.273. The SMILES string of the molecule is COc1ccc(CN(C)c2nnc(Br)s2)cc1. The normalized spacial score (nSPS) is 10.3. The number of rotatable bonds is 4. The molecular weight excluding hydrogens is 302 g/mol. The Morgan fingerprint density at radius 2 is 2.00 bits per heavy atom. The van der Waals surface area contributed by atoms with E-state index in [0.29, 0.717) is 0 Å². The van der Waals surface area contributed by atoms with Crippen LogP contribution >= 0.6 is 27.3 Å². The zero-order valence-electron chi connectivity index (χ0n) is 9.55. The van der Waals surface area contributed by atoms with E-state index in [0.717, 1.165) is 21.3 Å². The van der Waals surface area contributed by atoms with Gasteiger partial charge in [-0.2, -0.15) is 0 Å². The molecule has 90 valence electrons. The maximum atomic E-state index is 5.12. The fourth-order valence-corrected chi connectivity index (χ4v) is 2.47. The first-order chi connectivity index (χ1) is 8.19. The number of hydrogen-bond donors (Lipinski definition) is 0. The topological polar surface area (TPSA) is 38.2 Å². The minimum absolute atomic E-state index is 0.797. The van der Waals surface area contributed by atoms with E-state index in [1.165, 1.54) is 16.9 Å². The van der Waals surface area contributed by atoms with Gasteiger partial charge in [0.2, 0.25) is 5.13 Å². The van der Waals surface area contributed by atoms with Crippen LogP contribution in [0.3, 0.4) is 0 Å². The predicted octanol–water partition coefficient (Wildman–Crippen LogP) is 2.95. The van der Waals surface area contributed by atoms with Gasteiger partial charge in [-0.25, -0.2) is 0 Å². The average molecular weight is 314 g/mol. The van der Waals surface area contributed by atoms with Gasteiger partial charge in [-0.1, -0.05) is 23.5 Å². The molecule has 0 aliphatic carbocycles. The molecule has 2 aromatic rings. The van der Waals surface area contributed by atoms with Gasteiger partial charge in [0.05, 0.1) is 7.11 Å². The van der Waals surface area contributed by atoms with Crippen LogP contribution < -0.4 is 9.64 Å². The summed E-state index contributed by atoms with van der Waals surface area (Å²) in [6.45, 7) is 0.797. The van der Waals surface area contributed by atoms with Crippen LogP contribution in [0.25, 0.3) is 0 Å². The Bertz CT molecular complexity index is 486. The molecular formula is C11H12BrN3OS. The predicted molar refractivity (Wildman–Crippen MR) is 72.7 cm³/mol. The minimum atomic E-state index is 0.797. The van der Waals surface area contributed by atoms with Crippen LogP contribution in [0.1, 0.15) is 5.56 Å². The molecule has 0 atom stereocenters. The summed E-state index contributed by atoms with van der Waals surface area (Å²) in [4.78, 5) is 2.06. The van der Waals surface area contributed by atoms with E-state index >= 15 is 0 Å². The lowest BCUT2D eigenvalue weighted by Crippen LogP contribution is -2.15. The lowest BCUT2D eigenvalue weighted by Gasteiger charge is -2.15.